The maximum atomic E-state index is 11.9. The smallest absolute Gasteiger partial charge is 0.141 e. The third kappa shape index (κ3) is 5.88. The SMILES string of the molecule is C=C(NC(=C)c1cc(N)ccc1O)/C(P)=C\C(C)=C/C.CC(=O)[C@]1(C)C(Cl)(Cl)[C@@]1(C)c1cc(C)cc(C)c1. The first-order chi connectivity index (χ1) is 17.4. The Kier molecular flexibility index (Phi) is 9.76. The number of nitrogens with two attached hydrogens (primary N) is 1. The summed E-state index contributed by atoms with van der Waals surface area (Å²) in [6.45, 7) is 21.3. The Morgan fingerprint density at radius 2 is 1.63 bits per heavy atom. The maximum Gasteiger partial charge on any atom is 0.141 e. The normalized spacial score (nSPS) is 22.2. The monoisotopic (exact) mass is 572 g/mol. The Bertz CT molecular complexity index is 1330. The zero-order valence-corrected chi connectivity index (χ0v) is 26.0. The van der Waals surface area contributed by atoms with Crippen molar-refractivity contribution < 1.29 is 9.90 Å². The van der Waals surface area contributed by atoms with Gasteiger partial charge in [-0.3, -0.25) is 4.79 Å². The first-order valence-corrected chi connectivity index (χ1v) is 13.6. The summed E-state index contributed by atoms with van der Waals surface area (Å²) in [5, 5.41) is 13.8. The molecule has 38 heavy (non-hydrogen) atoms. The lowest BCUT2D eigenvalue weighted by molar-refractivity contribution is -0.122. The zero-order valence-electron chi connectivity index (χ0n) is 23.3. The van der Waals surface area contributed by atoms with Crippen LogP contribution in [0, 0.1) is 19.3 Å². The van der Waals surface area contributed by atoms with Crippen molar-refractivity contribution in [2.45, 2.75) is 58.2 Å². The van der Waals surface area contributed by atoms with E-state index in [0.717, 1.165) is 27.6 Å². The van der Waals surface area contributed by atoms with Gasteiger partial charge in [0.25, 0.3) is 0 Å². The topological polar surface area (TPSA) is 75.3 Å². The number of ketones is 1. The molecule has 0 amide bonds. The number of aryl methyl sites for hydroxylation is 2. The summed E-state index contributed by atoms with van der Waals surface area (Å²) >= 11 is 12.9. The molecular formula is C31H39Cl2N2O2P. The Morgan fingerprint density at radius 1 is 1.08 bits per heavy atom. The highest BCUT2D eigenvalue weighted by Gasteiger charge is 2.84. The second-order valence-electron chi connectivity index (χ2n) is 10.2. The summed E-state index contributed by atoms with van der Waals surface area (Å²) < 4.78 is -1.04. The van der Waals surface area contributed by atoms with Gasteiger partial charge in [0.1, 0.15) is 15.9 Å². The highest BCUT2D eigenvalue weighted by Crippen LogP contribution is 2.78. The average Bonchev–Trinajstić information content (AvgIpc) is 3.20. The number of halogens is 2. The number of phenols is 1. The number of phenolic OH excluding ortho intramolecular Hbond substituents is 1. The minimum absolute atomic E-state index is 0.0363. The fraction of sp³-hybridized carbons (Fsp3) is 0.323. The van der Waals surface area contributed by atoms with Gasteiger partial charge in [-0.25, -0.2) is 0 Å². The number of aromatic hydroxyl groups is 1. The van der Waals surface area contributed by atoms with Crippen molar-refractivity contribution in [1.29, 1.82) is 0 Å². The van der Waals surface area contributed by atoms with Gasteiger partial charge in [0.05, 0.1) is 5.41 Å². The van der Waals surface area contributed by atoms with Crippen LogP contribution in [0.1, 0.15) is 56.9 Å². The lowest BCUT2D eigenvalue weighted by atomic mass is 9.85. The number of benzene rings is 2. The second kappa shape index (κ2) is 11.7. The molecule has 4 nitrogen and oxygen atoms in total. The van der Waals surface area contributed by atoms with E-state index >= 15 is 0 Å². The molecule has 3 rings (SSSR count). The minimum atomic E-state index is -1.04. The van der Waals surface area contributed by atoms with E-state index in [2.05, 4.69) is 45.9 Å². The standard InChI is InChI=1S/C16H21N2OP.C15H18Cl2O/c1-5-10(2)8-16(20)12(4)18-11(3)14-9-13(17)6-7-15(14)19;1-9-6-10(2)8-12(7-9)14(5)13(4,11(3)18)15(14,16)17/h5-9,18-19H,3-4,17,20H2,1-2H3;6-8H,1-5H3/b10-5-,16-8+;/t;13-,14-/m.0/s1. The van der Waals surface area contributed by atoms with Crippen LogP contribution in [0.2, 0.25) is 0 Å². The number of carbonyl (C=O) groups is 1. The van der Waals surface area contributed by atoms with Gasteiger partial charge in [-0.05, 0) is 70.6 Å². The summed E-state index contributed by atoms with van der Waals surface area (Å²) in [4.78, 5) is 11.9. The summed E-state index contributed by atoms with van der Waals surface area (Å²) in [5.41, 5.74) is 11.3. The number of Topliss-reactive ketones (excluding diaryl/α,β-unsaturated/α-hetero) is 1. The number of rotatable bonds is 7. The number of hydrogen-bond donors (Lipinski definition) is 3. The van der Waals surface area contributed by atoms with Gasteiger partial charge in [-0.1, -0.05) is 90.3 Å². The molecule has 2 aromatic carbocycles. The van der Waals surface area contributed by atoms with Crippen molar-refractivity contribution in [2.75, 3.05) is 5.73 Å². The first kappa shape index (κ1) is 31.7. The van der Waals surface area contributed by atoms with Crippen LogP contribution in [0.5, 0.6) is 5.75 Å². The van der Waals surface area contributed by atoms with Crippen molar-refractivity contribution >= 4 is 49.6 Å². The van der Waals surface area contributed by atoms with Crippen LogP contribution in [0.15, 0.2) is 78.3 Å². The molecule has 0 bridgehead atoms. The first-order valence-electron chi connectivity index (χ1n) is 12.3. The number of carbonyl (C=O) groups excluding carboxylic acids is 1. The lowest BCUT2D eigenvalue weighted by Gasteiger charge is -2.17. The number of alkyl halides is 2. The number of hydrogen-bond acceptors (Lipinski definition) is 4. The van der Waals surface area contributed by atoms with Gasteiger partial charge in [0.15, 0.2) is 0 Å². The Balaban J connectivity index is 0.000000268. The summed E-state index contributed by atoms with van der Waals surface area (Å²) in [6.07, 6.45) is 4.00. The Morgan fingerprint density at radius 3 is 2.11 bits per heavy atom. The third-order valence-corrected chi connectivity index (χ3v) is 9.56. The predicted molar refractivity (Wildman–Crippen MR) is 168 cm³/mol. The van der Waals surface area contributed by atoms with E-state index in [9.17, 15) is 9.90 Å². The van der Waals surface area contributed by atoms with Crippen LogP contribution in [-0.2, 0) is 10.2 Å². The molecule has 1 aliphatic carbocycles. The molecule has 1 aliphatic rings. The fourth-order valence-electron chi connectivity index (χ4n) is 4.64. The van der Waals surface area contributed by atoms with Gasteiger partial charge in [-0.15, -0.1) is 9.24 Å². The zero-order chi connectivity index (χ0) is 29.2. The van der Waals surface area contributed by atoms with Gasteiger partial charge < -0.3 is 16.2 Å². The van der Waals surface area contributed by atoms with Crippen LogP contribution in [0.4, 0.5) is 5.69 Å². The number of nitrogens with one attached hydrogen (secondary N) is 1. The van der Waals surface area contributed by atoms with E-state index in [-0.39, 0.29) is 11.5 Å². The van der Waals surface area contributed by atoms with Gasteiger partial charge in [-0.2, -0.15) is 0 Å². The van der Waals surface area contributed by atoms with Crippen molar-refractivity contribution in [3.63, 3.8) is 0 Å². The highest BCUT2D eigenvalue weighted by atomic mass is 35.5. The molecule has 4 N–H and O–H groups in total. The molecule has 0 spiro atoms. The molecule has 7 heteroatoms. The van der Waals surface area contributed by atoms with E-state index < -0.39 is 15.2 Å². The molecule has 0 radical (unpaired) electrons. The lowest BCUT2D eigenvalue weighted by Crippen LogP contribution is -2.19. The van der Waals surface area contributed by atoms with Crippen LogP contribution in [0.3, 0.4) is 0 Å². The third-order valence-electron chi connectivity index (χ3n) is 7.53. The molecule has 1 saturated carbocycles. The van der Waals surface area contributed by atoms with Crippen LogP contribution in [-0.4, -0.2) is 15.2 Å². The van der Waals surface area contributed by atoms with Gasteiger partial charge in [0, 0.05) is 28.1 Å². The summed E-state index contributed by atoms with van der Waals surface area (Å²) in [7, 11) is 2.63. The van der Waals surface area contributed by atoms with Crippen LogP contribution in [0.25, 0.3) is 5.70 Å². The van der Waals surface area contributed by atoms with Gasteiger partial charge >= 0.3 is 0 Å². The van der Waals surface area contributed by atoms with Crippen molar-refractivity contribution in [3.8, 4) is 5.75 Å². The quantitative estimate of drug-likeness (QED) is 0.103. The largest absolute Gasteiger partial charge is 0.507 e. The Hall–Kier alpha value is -2.52. The molecule has 0 saturated heterocycles. The maximum absolute atomic E-state index is 11.9. The molecule has 1 unspecified atom stereocenters. The molecule has 0 aliphatic heterocycles. The van der Waals surface area contributed by atoms with E-state index in [0.29, 0.717) is 22.6 Å². The van der Waals surface area contributed by atoms with Crippen molar-refractivity contribution in [2.24, 2.45) is 5.41 Å². The molecule has 3 atom stereocenters. The molecule has 0 heterocycles. The number of nitrogen functional groups attached to an aromatic ring is 1. The van der Waals surface area contributed by atoms with E-state index in [1.165, 1.54) is 0 Å². The molecule has 0 aromatic heterocycles. The second-order valence-corrected chi connectivity index (χ2v) is 12.2. The number of anilines is 1. The summed E-state index contributed by atoms with van der Waals surface area (Å²) in [6, 6.07) is 11.1. The molecular weight excluding hydrogens is 534 g/mol. The molecule has 2 aromatic rings. The van der Waals surface area contributed by atoms with E-state index in [1.807, 2.05) is 53.7 Å². The molecule has 1 fully saturated rings. The van der Waals surface area contributed by atoms with Crippen molar-refractivity contribution in [1.82, 2.24) is 5.32 Å². The van der Waals surface area contributed by atoms with E-state index in [1.54, 1.807) is 25.1 Å². The Labute approximate surface area is 239 Å². The van der Waals surface area contributed by atoms with Gasteiger partial charge in [0.2, 0.25) is 0 Å². The van der Waals surface area contributed by atoms with Crippen molar-refractivity contribution in [3.05, 3.63) is 101 Å². The summed E-state index contributed by atoms with van der Waals surface area (Å²) in [5.74, 6) is 0.164. The van der Waals surface area contributed by atoms with E-state index in [4.69, 9.17) is 28.9 Å². The van der Waals surface area contributed by atoms with Crippen LogP contribution >= 0.6 is 32.4 Å². The number of allylic oxidation sites excluding steroid dienone is 4. The average molecular weight is 574 g/mol. The fourth-order valence-corrected chi connectivity index (χ4v) is 6.12. The predicted octanol–water partition coefficient (Wildman–Crippen LogP) is 8.12. The van der Waals surface area contributed by atoms with Crippen LogP contribution < -0.4 is 11.1 Å². The molecule has 204 valence electrons. The minimum Gasteiger partial charge on any atom is -0.507 e. The highest BCUT2D eigenvalue weighted by molar-refractivity contribution is 7.23.